The number of nitro benzene ring substituents is 1. The van der Waals surface area contributed by atoms with Crippen molar-refractivity contribution >= 4 is 24.0 Å². The average Bonchev–Trinajstić information content (AvgIpc) is 3.38. The number of para-hydroxylation sites is 1. The Hall–Kier alpha value is -1.66. The lowest BCUT2D eigenvalue weighted by atomic mass is 9.96. The lowest BCUT2D eigenvalue weighted by molar-refractivity contribution is -0.385. The summed E-state index contributed by atoms with van der Waals surface area (Å²) in [6, 6.07) is 6.99. The van der Waals surface area contributed by atoms with Gasteiger partial charge in [0, 0.05) is 23.6 Å². The van der Waals surface area contributed by atoms with E-state index in [1.54, 1.807) is 18.2 Å². The minimum atomic E-state index is -0.366. The van der Waals surface area contributed by atoms with Gasteiger partial charge in [0.05, 0.1) is 11.5 Å². The van der Waals surface area contributed by atoms with Crippen LogP contribution in [0.3, 0.4) is 0 Å². The summed E-state index contributed by atoms with van der Waals surface area (Å²) < 4.78 is 0. The topological polar surface area (TPSA) is 75.5 Å². The van der Waals surface area contributed by atoms with Crippen LogP contribution >= 0.6 is 12.4 Å². The fraction of sp³-hybridized carbons (Fsp3) is 0.562. The average molecular weight is 340 g/mol. The predicted octanol–water partition coefficient (Wildman–Crippen LogP) is 2.51. The molecule has 0 radical (unpaired) electrons. The highest BCUT2D eigenvalue weighted by Gasteiger charge is 2.36. The van der Waals surface area contributed by atoms with E-state index in [4.69, 9.17) is 0 Å². The number of benzene rings is 1. The molecule has 1 saturated heterocycles. The fourth-order valence-electron chi connectivity index (χ4n) is 3.08. The largest absolute Gasteiger partial charge is 0.335 e. The van der Waals surface area contributed by atoms with Crippen molar-refractivity contribution in [2.45, 2.75) is 38.3 Å². The zero-order chi connectivity index (χ0) is 15.5. The smallest absolute Gasteiger partial charge is 0.274 e. The standard InChI is InChI=1S/C16H21N3O3.ClH/c20-16(12-7-9-17-10-8-12)18(14-5-6-14)11-13-3-1-2-4-15(13)19(21)22;/h1-4,12,14,17H,5-11H2;1H. The first-order valence-electron chi connectivity index (χ1n) is 7.90. The molecule has 1 aliphatic heterocycles. The van der Waals surface area contributed by atoms with Crippen molar-refractivity contribution in [1.82, 2.24) is 10.2 Å². The minimum absolute atomic E-state index is 0. The van der Waals surface area contributed by atoms with Gasteiger partial charge in [-0.3, -0.25) is 14.9 Å². The van der Waals surface area contributed by atoms with Crippen LogP contribution in [0, 0.1) is 16.0 Å². The summed E-state index contributed by atoms with van der Waals surface area (Å²) in [4.78, 5) is 25.5. The van der Waals surface area contributed by atoms with Gasteiger partial charge in [0.15, 0.2) is 0 Å². The Balaban J connectivity index is 0.00000192. The Morgan fingerprint density at radius 2 is 1.87 bits per heavy atom. The molecule has 1 amide bonds. The lowest BCUT2D eigenvalue weighted by Crippen LogP contribution is -2.41. The third kappa shape index (κ3) is 4.20. The van der Waals surface area contributed by atoms with Gasteiger partial charge in [0.1, 0.15) is 0 Å². The van der Waals surface area contributed by atoms with E-state index in [1.807, 2.05) is 4.90 Å². The molecule has 1 saturated carbocycles. The first-order valence-corrected chi connectivity index (χ1v) is 7.90. The second-order valence-electron chi connectivity index (χ2n) is 6.11. The Bertz CT molecular complexity index is 571. The summed E-state index contributed by atoms with van der Waals surface area (Å²) in [5.41, 5.74) is 0.730. The van der Waals surface area contributed by atoms with Gasteiger partial charge in [-0.15, -0.1) is 12.4 Å². The third-order valence-electron chi connectivity index (χ3n) is 4.49. The van der Waals surface area contributed by atoms with Crippen molar-refractivity contribution in [1.29, 1.82) is 0 Å². The summed E-state index contributed by atoms with van der Waals surface area (Å²) >= 11 is 0. The minimum Gasteiger partial charge on any atom is -0.335 e. The van der Waals surface area contributed by atoms with Crippen LogP contribution in [0.2, 0.25) is 0 Å². The molecule has 0 atom stereocenters. The maximum Gasteiger partial charge on any atom is 0.274 e. The van der Waals surface area contributed by atoms with E-state index >= 15 is 0 Å². The van der Waals surface area contributed by atoms with Crippen molar-refractivity contribution in [2.24, 2.45) is 5.92 Å². The molecule has 1 heterocycles. The number of amides is 1. The molecule has 1 N–H and O–H groups in total. The Labute approximate surface area is 141 Å². The molecular formula is C16H22ClN3O3. The Morgan fingerprint density at radius 1 is 1.22 bits per heavy atom. The first-order chi connectivity index (χ1) is 10.7. The predicted molar refractivity (Wildman–Crippen MR) is 89.5 cm³/mol. The van der Waals surface area contributed by atoms with E-state index < -0.39 is 0 Å². The molecule has 0 aromatic heterocycles. The van der Waals surface area contributed by atoms with Crippen LogP contribution in [0.5, 0.6) is 0 Å². The number of hydrogen-bond donors (Lipinski definition) is 1. The van der Waals surface area contributed by atoms with Gasteiger partial charge in [-0.2, -0.15) is 0 Å². The number of nitro groups is 1. The van der Waals surface area contributed by atoms with Crippen LogP contribution in [0.15, 0.2) is 24.3 Å². The number of nitrogens with one attached hydrogen (secondary N) is 1. The van der Waals surface area contributed by atoms with Crippen molar-refractivity contribution in [3.8, 4) is 0 Å². The molecule has 0 spiro atoms. The number of halogens is 1. The van der Waals surface area contributed by atoms with Gasteiger partial charge in [0.25, 0.3) is 5.69 Å². The molecule has 1 aromatic carbocycles. The molecular weight excluding hydrogens is 318 g/mol. The highest BCUT2D eigenvalue weighted by atomic mass is 35.5. The van der Waals surface area contributed by atoms with Crippen LogP contribution in [-0.4, -0.2) is 34.9 Å². The quantitative estimate of drug-likeness (QED) is 0.660. The van der Waals surface area contributed by atoms with Crippen molar-refractivity contribution in [3.63, 3.8) is 0 Å². The molecule has 2 fully saturated rings. The summed E-state index contributed by atoms with van der Waals surface area (Å²) in [6.45, 7) is 2.10. The first kappa shape index (κ1) is 17.7. The van der Waals surface area contributed by atoms with E-state index in [1.165, 1.54) is 6.07 Å². The highest BCUT2D eigenvalue weighted by Crippen LogP contribution is 2.32. The zero-order valence-electron chi connectivity index (χ0n) is 12.9. The summed E-state index contributed by atoms with van der Waals surface area (Å²) in [5, 5.41) is 14.4. The molecule has 23 heavy (non-hydrogen) atoms. The van der Waals surface area contributed by atoms with Crippen molar-refractivity contribution < 1.29 is 9.72 Å². The van der Waals surface area contributed by atoms with E-state index in [9.17, 15) is 14.9 Å². The van der Waals surface area contributed by atoms with Gasteiger partial charge in [-0.1, -0.05) is 18.2 Å². The monoisotopic (exact) mass is 339 g/mol. The lowest BCUT2D eigenvalue weighted by Gasteiger charge is -2.29. The van der Waals surface area contributed by atoms with Gasteiger partial charge >= 0.3 is 0 Å². The summed E-state index contributed by atoms with van der Waals surface area (Å²) in [6.07, 6.45) is 3.74. The van der Waals surface area contributed by atoms with Crippen LogP contribution in [0.4, 0.5) is 5.69 Å². The second-order valence-corrected chi connectivity index (χ2v) is 6.11. The zero-order valence-corrected chi connectivity index (χ0v) is 13.8. The Kier molecular flexibility index (Phi) is 5.96. The maximum absolute atomic E-state index is 12.8. The van der Waals surface area contributed by atoms with E-state index in [0.29, 0.717) is 12.1 Å². The van der Waals surface area contributed by atoms with Crippen molar-refractivity contribution in [2.75, 3.05) is 13.1 Å². The molecule has 2 aliphatic rings. The van der Waals surface area contributed by atoms with E-state index in [-0.39, 0.29) is 40.9 Å². The molecule has 0 unspecified atom stereocenters. The molecule has 6 nitrogen and oxygen atoms in total. The van der Waals surface area contributed by atoms with Gasteiger partial charge < -0.3 is 10.2 Å². The molecule has 1 aliphatic carbocycles. The molecule has 0 bridgehead atoms. The van der Waals surface area contributed by atoms with Crippen LogP contribution in [0.25, 0.3) is 0 Å². The van der Waals surface area contributed by atoms with Crippen LogP contribution < -0.4 is 5.32 Å². The highest BCUT2D eigenvalue weighted by molar-refractivity contribution is 5.85. The number of hydrogen-bond acceptors (Lipinski definition) is 4. The number of carbonyl (C=O) groups excluding carboxylic acids is 1. The number of piperidine rings is 1. The number of carbonyl (C=O) groups is 1. The van der Waals surface area contributed by atoms with Crippen LogP contribution in [0.1, 0.15) is 31.2 Å². The SMILES string of the molecule is Cl.O=C(C1CCNCC1)N(Cc1ccccc1[N+](=O)[O-])C1CC1. The fourth-order valence-corrected chi connectivity index (χ4v) is 3.08. The molecule has 126 valence electrons. The summed E-state index contributed by atoms with van der Waals surface area (Å²) in [5.74, 6) is 0.228. The number of nitrogens with zero attached hydrogens (tertiary/aromatic N) is 2. The number of rotatable bonds is 5. The molecule has 1 aromatic rings. The molecule has 3 rings (SSSR count). The van der Waals surface area contributed by atoms with Gasteiger partial charge in [-0.05, 0) is 38.8 Å². The maximum atomic E-state index is 12.8. The van der Waals surface area contributed by atoms with Gasteiger partial charge in [-0.25, -0.2) is 0 Å². The second kappa shape index (κ2) is 7.75. The molecule has 7 heteroatoms. The van der Waals surface area contributed by atoms with Gasteiger partial charge in [0.2, 0.25) is 5.91 Å². The normalized spacial score (nSPS) is 18.1. The summed E-state index contributed by atoms with van der Waals surface area (Å²) in [7, 11) is 0. The van der Waals surface area contributed by atoms with Crippen LogP contribution in [-0.2, 0) is 11.3 Å². The van der Waals surface area contributed by atoms with Crippen molar-refractivity contribution in [3.05, 3.63) is 39.9 Å². The van der Waals surface area contributed by atoms with E-state index in [2.05, 4.69) is 5.32 Å². The van der Waals surface area contributed by atoms with E-state index in [0.717, 1.165) is 38.8 Å². The third-order valence-corrected chi connectivity index (χ3v) is 4.49. The Morgan fingerprint density at radius 3 is 2.48 bits per heavy atom.